The Labute approximate surface area is 428 Å². The molecule has 0 aliphatic heterocycles. The number of ether oxygens (including phenoxy) is 3. The minimum atomic E-state index is -0.774. The lowest BCUT2D eigenvalue weighted by Gasteiger charge is -2.18. The van der Waals surface area contributed by atoms with Crippen LogP contribution in [0.25, 0.3) is 0 Å². The van der Waals surface area contributed by atoms with Crippen molar-refractivity contribution in [1.29, 1.82) is 0 Å². The van der Waals surface area contributed by atoms with Crippen LogP contribution in [0.4, 0.5) is 0 Å². The molecule has 6 nitrogen and oxygen atoms in total. The number of carbonyl (C=O) groups is 3. The normalized spacial score (nSPS) is 12.4. The molecular weight excluding hydrogens is 853 g/mol. The minimum absolute atomic E-state index is 0.0753. The number of rotatable bonds is 54. The number of hydrogen-bond acceptors (Lipinski definition) is 6. The molecule has 0 heterocycles. The van der Waals surface area contributed by atoms with Gasteiger partial charge in [-0.25, -0.2) is 0 Å². The van der Waals surface area contributed by atoms with Gasteiger partial charge < -0.3 is 14.2 Å². The van der Waals surface area contributed by atoms with E-state index in [0.717, 1.165) is 96.3 Å². The molecule has 0 fully saturated rings. The smallest absolute Gasteiger partial charge is 0.306 e. The van der Waals surface area contributed by atoms with E-state index in [1.807, 2.05) is 0 Å². The minimum Gasteiger partial charge on any atom is -0.462 e. The van der Waals surface area contributed by atoms with Gasteiger partial charge in [0, 0.05) is 19.3 Å². The fourth-order valence-electron chi connectivity index (χ4n) is 8.59. The van der Waals surface area contributed by atoms with E-state index in [9.17, 15) is 14.4 Å². The topological polar surface area (TPSA) is 78.9 Å². The fourth-order valence-corrected chi connectivity index (χ4v) is 8.59. The highest BCUT2D eigenvalue weighted by atomic mass is 16.6. The SMILES string of the molecule is CC/C=C\C/C=C\C/C=C\C/C=C\C/C=C\CCCCCCCCCC(=O)OCC(COC(=O)CCCCCCCC)OC(=O)CCCCCCCCCCCCCCCCCCCCCCCC. The summed E-state index contributed by atoms with van der Waals surface area (Å²) >= 11 is 0. The van der Waals surface area contributed by atoms with Crippen LogP contribution in [0.2, 0.25) is 0 Å². The van der Waals surface area contributed by atoms with Gasteiger partial charge in [-0.3, -0.25) is 14.4 Å². The summed E-state index contributed by atoms with van der Waals surface area (Å²) in [6.07, 6.45) is 72.5. The highest BCUT2D eigenvalue weighted by molar-refractivity contribution is 5.71. The summed E-state index contributed by atoms with van der Waals surface area (Å²) < 4.78 is 16.8. The van der Waals surface area contributed by atoms with Crippen molar-refractivity contribution in [3.05, 3.63) is 60.8 Å². The van der Waals surface area contributed by atoms with E-state index in [1.165, 1.54) is 167 Å². The van der Waals surface area contributed by atoms with Crippen LogP contribution < -0.4 is 0 Å². The Hall–Kier alpha value is -2.89. The molecule has 400 valence electrons. The van der Waals surface area contributed by atoms with E-state index in [0.29, 0.717) is 19.3 Å². The van der Waals surface area contributed by atoms with Crippen LogP contribution in [0, 0.1) is 0 Å². The summed E-state index contributed by atoms with van der Waals surface area (Å²) in [5.74, 6) is -0.883. The second-order valence-corrected chi connectivity index (χ2v) is 19.9. The van der Waals surface area contributed by atoms with Gasteiger partial charge in [-0.05, 0) is 64.2 Å². The number of carbonyl (C=O) groups excluding carboxylic acids is 3. The molecule has 0 aromatic heterocycles. The number of esters is 3. The van der Waals surface area contributed by atoms with E-state index in [2.05, 4.69) is 81.5 Å². The Morgan fingerprint density at radius 3 is 0.884 bits per heavy atom. The standard InChI is InChI=1S/C63H112O6/c1-4-7-10-13-16-18-20-22-24-26-28-30-32-34-35-37-39-41-43-45-47-50-53-56-62(65)68-59-60(58-67-61(64)55-52-49-15-12-9-6-3)69-63(66)57-54-51-48-46-44-42-40-38-36-33-31-29-27-25-23-21-19-17-14-11-8-5-2/h7,10,16,18,22,24,28,30,34-35,60H,4-6,8-9,11-15,17,19-21,23,25-27,29,31-33,36-59H2,1-3H3/b10-7-,18-16-,24-22-,30-28-,35-34-. The molecule has 1 unspecified atom stereocenters. The van der Waals surface area contributed by atoms with Crippen LogP contribution in [0.15, 0.2) is 60.8 Å². The van der Waals surface area contributed by atoms with Crippen LogP contribution in [-0.4, -0.2) is 37.2 Å². The first-order chi connectivity index (χ1) is 34.0. The highest BCUT2D eigenvalue weighted by Crippen LogP contribution is 2.17. The molecular formula is C63H112O6. The molecule has 0 spiro atoms. The second kappa shape index (κ2) is 57.7. The van der Waals surface area contributed by atoms with Gasteiger partial charge in [0.15, 0.2) is 6.10 Å². The summed E-state index contributed by atoms with van der Waals surface area (Å²) in [4.78, 5) is 37.9. The molecule has 0 rings (SSSR count). The van der Waals surface area contributed by atoms with E-state index in [4.69, 9.17) is 14.2 Å². The Morgan fingerprint density at radius 2 is 0.565 bits per heavy atom. The largest absolute Gasteiger partial charge is 0.462 e. The van der Waals surface area contributed by atoms with Gasteiger partial charge in [0.1, 0.15) is 13.2 Å². The first-order valence-electron chi connectivity index (χ1n) is 29.8. The second-order valence-electron chi connectivity index (χ2n) is 19.9. The molecule has 0 saturated heterocycles. The van der Waals surface area contributed by atoms with Crippen molar-refractivity contribution in [1.82, 2.24) is 0 Å². The number of allylic oxidation sites excluding steroid dienone is 10. The first kappa shape index (κ1) is 66.1. The Morgan fingerprint density at radius 1 is 0.304 bits per heavy atom. The van der Waals surface area contributed by atoms with E-state index in [-0.39, 0.29) is 31.1 Å². The Balaban J connectivity index is 4.13. The molecule has 0 saturated carbocycles. The van der Waals surface area contributed by atoms with Gasteiger partial charge in [0.25, 0.3) is 0 Å². The maximum absolute atomic E-state index is 12.8. The number of hydrogen-bond donors (Lipinski definition) is 0. The van der Waals surface area contributed by atoms with Crippen molar-refractivity contribution in [2.75, 3.05) is 13.2 Å². The van der Waals surface area contributed by atoms with E-state index < -0.39 is 6.10 Å². The predicted molar refractivity (Wildman–Crippen MR) is 298 cm³/mol. The molecule has 0 aromatic rings. The average Bonchev–Trinajstić information content (AvgIpc) is 3.35. The van der Waals surface area contributed by atoms with Gasteiger partial charge in [-0.1, -0.05) is 281 Å². The maximum Gasteiger partial charge on any atom is 0.306 e. The van der Waals surface area contributed by atoms with Gasteiger partial charge in [0.2, 0.25) is 0 Å². The molecule has 1 atom stereocenters. The average molecular weight is 966 g/mol. The van der Waals surface area contributed by atoms with Crippen molar-refractivity contribution in [2.45, 2.75) is 309 Å². The predicted octanol–water partition coefficient (Wildman–Crippen LogP) is 20.0. The molecule has 0 aliphatic rings. The third-order valence-corrected chi connectivity index (χ3v) is 13.0. The third kappa shape index (κ3) is 55.9. The zero-order valence-corrected chi connectivity index (χ0v) is 45.8. The monoisotopic (exact) mass is 965 g/mol. The molecule has 0 aromatic carbocycles. The molecule has 0 aliphatic carbocycles. The Bertz CT molecular complexity index is 1250. The fraction of sp³-hybridized carbons (Fsp3) is 0.794. The van der Waals surface area contributed by atoms with Crippen molar-refractivity contribution >= 4 is 17.9 Å². The summed E-state index contributed by atoms with van der Waals surface area (Å²) in [5.41, 5.74) is 0. The Kier molecular flexibility index (Phi) is 55.3. The van der Waals surface area contributed by atoms with Gasteiger partial charge >= 0.3 is 17.9 Å². The van der Waals surface area contributed by atoms with Crippen LogP contribution in [0.1, 0.15) is 303 Å². The van der Waals surface area contributed by atoms with Crippen molar-refractivity contribution in [3.8, 4) is 0 Å². The van der Waals surface area contributed by atoms with Crippen molar-refractivity contribution < 1.29 is 28.6 Å². The van der Waals surface area contributed by atoms with Crippen LogP contribution in [-0.2, 0) is 28.6 Å². The summed E-state index contributed by atoms with van der Waals surface area (Å²) in [6.45, 7) is 6.49. The molecule has 0 amide bonds. The van der Waals surface area contributed by atoms with Crippen LogP contribution in [0.5, 0.6) is 0 Å². The molecule has 0 bridgehead atoms. The summed E-state index contributed by atoms with van der Waals surface area (Å²) in [7, 11) is 0. The third-order valence-electron chi connectivity index (χ3n) is 13.0. The number of unbranched alkanes of at least 4 members (excludes halogenated alkanes) is 33. The lowest BCUT2D eigenvalue weighted by Crippen LogP contribution is -2.30. The van der Waals surface area contributed by atoms with Crippen LogP contribution in [0.3, 0.4) is 0 Å². The van der Waals surface area contributed by atoms with Gasteiger partial charge in [0.05, 0.1) is 0 Å². The molecule has 0 radical (unpaired) electrons. The van der Waals surface area contributed by atoms with Crippen LogP contribution >= 0.6 is 0 Å². The summed E-state index contributed by atoms with van der Waals surface area (Å²) in [5, 5.41) is 0. The summed E-state index contributed by atoms with van der Waals surface area (Å²) in [6, 6.07) is 0. The van der Waals surface area contributed by atoms with Gasteiger partial charge in [-0.15, -0.1) is 0 Å². The van der Waals surface area contributed by atoms with E-state index >= 15 is 0 Å². The van der Waals surface area contributed by atoms with Crippen molar-refractivity contribution in [2.24, 2.45) is 0 Å². The lowest BCUT2D eigenvalue weighted by atomic mass is 10.0. The van der Waals surface area contributed by atoms with E-state index in [1.54, 1.807) is 0 Å². The molecule has 69 heavy (non-hydrogen) atoms. The quantitative estimate of drug-likeness (QED) is 0.0262. The zero-order valence-electron chi connectivity index (χ0n) is 45.8. The maximum atomic E-state index is 12.8. The zero-order chi connectivity index (χ0) is 50.0. The molecule has 0 N–H and O–H groups in total. The van der Waals surface area contributed by atoms with Crippen molar-refractivity contribution in [3.63, 3.8) is 0 Å². The lowest BCUT2D eigenvalue weighted by molar-refractivity contribution is -0.167. The highest BCUT2D eigenvalue weighted by Gasteiger charge is 2.19. The molecule has 6 heteroatoms. The van der Waals surface area contributed by atoms with Gasteiger partial charge in [-0.2, -0.15) is 0 Å². The first-order valence-corrected chi connectivity index (χ1v) is 29.8.